The van der Waals surface area contributed by atoms with Gasteiger partial charge in [-0.2, -0.15) is 0 Å². The predicted molar refractivity (Wildman–Crippen MR) is 68.1 cm³/mol. The minimum absolute atomic E-state index is 0.0207. The van der Waals surface area contributed by atoms with Crippen LogP contribution in [0.5, 0.6) is 0 Å². The number of nitrogens with two attached hydrogens (primary N) is 1. The summed E-state index contributed by atoms with van der Waals surface area (Å²) in [5.74, 6) is -1.37. The molecular weight excluding hydrogens is 236 g/mol. The van der Waals surface area contributed by atoms with Gasteiger partial charge in [0.2, 0.25) is 0 Å². The van der Waals surface area contributed by atoms with Gasteiger partial charge in [-0.3, -0.25) is 0 Å². The predicted octanol–water partition coefficient (Wildman–Crippen LogP) is 3.04. The first-order valence-corrected chi connectivity index (χ1v) is 6.03. The van der Waals surface area contributed by atoms with Gasteiger partial charge in [-0.25, -0.2) is 13.8 Å². The molecule has 3 N–H and O–H groups in total. The van der Waals surface area contributed by atoms with E-state index in [1.807, 2.05) is 0 Å². The van der Waals surface area contributed by atoms with Crippen LogP contribution in [0.1, 0.15) is 27.7 Å². The summed E-state index contributed by atoms with van der Waals surface area (Å²) in [4.78, 5) is 3.68. The van der Waals surface area contributed by atoms with Crippen LogP contribution in [0.25, 0.3) is 0 Å². The molecule has 2 rings (SSSR count). The molecule has 0 unspecified atom stereocenters. The van der Waals surface area contributed by atoms with Crippen molar-refractivity contribution in [2.45, 2.75) is 27.7 Å². The Balaban J connectivity index is 2.07. The van der Waals surface area contributed by atoms with Gasteiger partial charge in [0.25, 0.3) is 0 Å². The van der Waals surface area contributed by atoms with Crippen LogP contribution in [0, 0.1) is 28.4 Å². The molecule has 1 fully saturated rings. The summed E-state index contributed by atoms with van der Waals surface area (Å²) in [6, 6.07) is 0.758. The molecule has 1 aromatic heterocycles. The van der Waals surface area contributed by atoms with Gasteiger partial charge < -0.3 is 11.1 Å². The molecule has 0 amide bonds. The number of aromatic nitrogens is 1. The average molecular weight is 255 g/mol. The Labute approximate surface area is 106 Å². The Hall–Kier alpha value is -1.39. The lowest BCUT2D eigenvalue weighted by Gasteiger charge is -2.08. The highest BCUT2D eigenvalue weighted by Crippen LogP contribution is 2.68. The molecule has 3 nitrogen and oxygen atoms in total. The van der Waals surface area contributed by atoms with E-state index in [1.54, 1.807) is 0 Å². The molecule has 1 aliphatic carbocycles. The van der Waals surface area contributed by atoms with Crippen LogP contribution in [0.3, 0.4) is 0 Å². The maximum atomic E-state index is 13.5. The van der Waals surface area contributed by atoms with Gasteiger partial charge in [-0.05, 0) is 16.7 Å². The summed E-state index contributed by atoms with van der Waals surface area (Å²) in [7, 11) is 0. The Morgan fingerprint density at radius 1 is 1.22 bits per heavy atom. The van der Waals surface area contributed by atoms with E-state index in [1.165, 1.54) is 0 Å². The zero-order chi connectivity index (χ0) is 13.7. The zero-order valence-electron chi connectivity index (χ0n) is 11.1. The normalized spacial score (nSPS) is 20.8. The van der Waals surface area contributed by atoms with E-state index in [-0.39, 0.29) is 22.5 Å². The quantitative estimate of drug-likeness (QED) is 0.872. The van der Waals surface area contributed by atoms with Gasteiger partial charge in [-0.15, -0.1) is 0 Å². The van der Waals surface area contributed by atoms with E-state index in [4.69, 9.17) is 5.73 Å². The lowest BCUT2D eigenvalue weighted by molar-refractivity contribution is 0.457. The fourth-order valence-corrected chi connectivity index (χ4v) is 2.65. The van der Waals surface area contributed by atoms with Crippen molar-refractivity contribution in [3.8, 4) is 0 Å². The van der Waals surface area contributed by atoms with Gasteiger partial charge >= 0.3 is 0 Å². The van der Waals surface area contributed by atoms with E-state index in [9.17, 15) is 8.78 Å². The van der Waals surface area contributed by atoms with Crippen molar-refractivity contribution in [2.75, 3.05) is 17.6 Å². The second kappa shape index (κ2) is 3.80. The van der Waals surface area contributed by atoms with E-state index < -0.39 is 11.6 Å². The molecule has 0 saturated heterocycles. The number of halogens is 2. The molecule has 0 bridgehead atoms. The highest BCUT2D eigenvalue weighted by Gasteiger charge is 2.64. The van der Waals surface area contributed by atoms with Crippen molar-refractivity contribution in [1.82, 2.24) is 4.98 Å². The maximum Gasteiger partial charge on any atom is 0.168 e. The van der Waals surface area contributed by atoms with E-state index in [0.29, 0.717) is 12.5 Å². The van der Waals surface area contributed by atoms with E-state index in [0.717, 1.165) is 6.07 Å². The molecule has 1 aromatic rings. The number of nitrogens with one attached hydrogen (secondary N) is 1. The molecule has 18 heavy (non-hydrogen) atoms. The van der Waals surface area contributed by atoms with Crippen LogP contribution in [0.15, 0.2) is 6.07 Å². The minimum atomic E-state index is -0.829. The molecule has 100 valence electrons. The van der Waals surface area contributed by atoms with Crippen molar-refractivity contribution >= 4 is 11.6 Å². The summed E-state index contributed by atoms with van der Waals surface area (Å²) in [5.41, 5.74) is 5.75. The molecule has 0 spiro atoms. The maximum absolute atomic E-state index is 13.5. The van der Waals surface area contributed by atoms with Crippen LogP contribution >= 0.6 is 0 Å². The molecule has 1 saturated carbocycles. The van der Waals surface area contributed by atoms with Crippen molar-refractivity contribution in [3.05, 3.63) is 17.7 Å². The van der Waals surface area contributed by atoms with E-state index >= 15 is 0 Å². The summed E-state index contributed by atoms with van der Waals surface area (Å²) in [6.07, 6.45) is 0. The fourth-order valence-electron chi connectivity index (χ4n) is 2.65. The Morgan fingerprint density at radius 2 is 1.78 bits per heavy atom. The number of hydrogen-bond acceptors (Lipinski definition) is 3. The molecule has 0 radical (unpaired) electrons. The first-order valence-electron chi connectivity index (χ1n) is 6.03. The lowest BCUT2D eigenvalue weighted by atomic mass is 10.0. The summed E-state index contributed by atoms with van der Waals surface area (Å²) < 4.78 is 26.4. The molecule has 0 atom stereocenters. The summed E-state index contributed by atoms with van der Waals surface area (Å²) in [6.45, 7) is 9.34. The van der Waals surface area contributed by atoms with Crippen LogP contribution in [0.4, 0.5) is 20.4 Å². The molecule has 5 heteroatoms. The van der Waals surface area contributed by atoms with Crippen LogP contribution in [-0.2, 0) is 0 Å². The van der Waals surface area contributed by atoms with Gasteiger partial charge in [0.1, 0.15) is 0 Å². The fraction of sp³-hybridized carbons (Fsp3) is 0.615. The van der Waals surface area contributed by atoms with Gasteiger partial charge in [0, 0.05) is 12.6 Å². The number of pyridine rings is 1. The lowest BCUT2D eigenvalue weighted by Crippen LogP contribution is -2.12. The number of rotatable bonds is 3. The third-order valence-corrected chi connectivity index (χ3v) is 4.75. The van der Waals surface area contributed by atoms with Crippen molar-refractivity contribution in [2.24, 2.45) is 16.7 Å². The average Bonchev–Trinajstić information content (AvgIpc) is 2.62. The number of nitrogen functional groups attached to an aromatic ring is 1. The van der Waals surface area contributed by atoms with Crippen molar-refractivity contribution in [3.63, 3.8) is 0 Å². The third-order valence-electron chi connectivity index (χ3n) is 4.75. The highest BCUT2D eigenvalue weighted by atomic mass is 19.1. The Bertz CT molecular complexity index is 469. The topological polar surface area (TPSA) is 50.9 Å². The summed E-state index contributed by atoms with van der Waals surface area (Å²) >= 11 is 0. The van der Waals surface area contributed by atoms with Crippen LogP contribution in [-0.4, -0.2) is 11.5 Å². The molecule has 0 aliphatic heterocycles. The van der Waals surface area contributed by atoms with Crippen LogP contribution < -0.4 is 11.1 Å². The highest BCUT2D eigenvalue weighted by molar-refractivity contribution is 5.45. The third kappa shape index (κ3) is 1.82. The Morgan fingerprint density at radius 3 is 2.28 bits per heavy atom. The molecule has 0 aromatic carbocycles. The number of anilines is 2. The second-order valence-electron chi connectivity index (χ2n) is 6.06. The molecule has 1 aliphatic rings. The first-order chi connectivity index (χ1) is 8.18. The molecule has 1 heterocycles. The monoisotopic (exact) mass is 255 g/mol. The number of hydrogen-bond donors (Lipinski definition) is 2. The second-order valence-corrected chi connectivity index (χ2v) is 6.06. The van der Waals surface area contributed by atoms with Crippen LogP contribution in [0.2, 0.25) is 0 Å². The standard InChI is InChI=1S/C13H19F2N3/c1-12(2)9(13(12,3)4)6-17-11-8(15)5-7(14)10(16)18-11/h5,9H,6H2,1-4H3,(H3,16,17,18). The Kier molecular flexibility index (Phi) is 2.76. The number of nitrogens with zero attached hydrogens (tertiary/aromatic N) is 1. The smallest absolute Gasteiger partial charge is 0.168 e. The van der Waals surface area contributed by atoms with Gasteiger partial charge in [-0.1, -0.05) is 27.7 Å². The van der Waals surface area contributed by atoms with Crippen molar-refractivity contribution in [1.29, 1.82) is 0 Å². The van der Waals surface area contributed by atoms with E-state index in [2.05, 4.69) is 38.0 Å². The largest absolute Gasteiger partial charge is 0.381 e. The van der Waals surface area contributed by atoms with Gasteiger partial charge in [0.15, 0.2) is 23.3 Å². The van der Waals surface area contributed by atoms with Crippen molar-refractivity contribution < 1.29 is 8.78 Å². The van der Waals surface area contributed by atoms with Gasteiger partial charge in [0.05, 0.1) is 0 Å². The SMILES string of the molecule is CC1(C)C(CNc2nc(N)c(F)cc2F)C1(C)C. The summed E-state index contributed by atoms with van der Waals surface area (Å²) in [5, 5.41) is 2.92. The minimum Gasteiger partial charge on any atom is -0.381 e. The first kappa shape index (κ1) is 13.1. The molecular formula is C13H19F2N3. The zero-order valence-corrected chi connectivity index (χ0v) is 11.1.